The molecule has 0 bridgehead atoms. The lowest BCUT2D eigenvalue weighted by atomic mass is 9.80. The second-order valence-corrected chi connectivity index (χ2v) is 7.76. The second kappa shape index (κ2) is 9.77. The molecule has 2 aliphatic rings. The van der Waals surface area contributed by atoms with E-state index < -0.39 is 0 Å². The van der Waals surface area contributed by atoms with Gasteiger partial charge in [-0.25, -0.2) is 4.79 Å². The van der Waals surface area contributed by atoms with Gasteiger partial charge in [0, 0.05) is 19.0 Å². The Balaban J connectivity index is 1.60. The Kier molecular flexibility index (Phi) is 7.13. The van der Waals surface area contributed by atoms with Crippen molar-refractivity contribution < 1.29 is 14.3 Å². The number of nitrogens with zero attached hydrogens (tertiary/aromatic N) is 1. The number of carbonyl (C=O) groups excluding carboxylic acids is 2. The number of amides is 2. The van der Waals surface area contributed by atoms with Gasteiger partial charge in [-0.1, -0.05) is 49.6 Å². The van der Waals surface area contributed by atoms with Crippen molar-refractivity contribution in [1.29, 1.82) is 0 Å². The molecule has 1 aliphatic heterocycles. The van der Waals surface area contributed by atoms with Gasteiger partial charge >= 0.3 is 6.09 Å². The molecule has 148 valence electrons. The van der Waals surface area contributed by atoms with Crippen LogP contribution in [0.5, 0.6) is 0 Å². The summed E-state index contributed by atoms with van der Waals surface area (Å²) in [6.07, 6.45) is 7.32. The van der Waals surface area contributed by atoms with E-state index in [-0.39, 0.29) is 24.0 Å². The highest BCUT2D eigenvalue weighted by Gasteiger charge is 2.32. The maximum absolute atomic E-state index is 13.0. The van der Waals surface area contributed by atoms with Crippen LogP contribution in [-0.4, -0.2) is 36.6 Å². The minimum atomic E-state index is -0.263. The predicted octanol–water partition coefficient (Wildman–Crippen LogP) is 4.29. The standard InChI is InChI=1S/C22H32N2O3/c1-2-27-22(26)24-15-13-19(14-16-24)21(25)23-20(17-9-5-3-6-10-17)18-11-7-4-8-12-18/h3,5-6,9-10,18-20H,2,4,7-8,11-16H2,1H3,(H,23,25)/t20-/m1/s1. The molecular weight excluding hydrogens is 340 g/mol. The Bertz CT molecular complexity index is 605. The topological polar surface area (TPSA) is 58.6 Å². The molecule has 3 rings (SSSR count). The molecular formula is C22H32N2O3. The van der Waals surface area contributed by atoms with Gasteiger partial charge in [0.2, 0.25) is 5.91 Å². The fourth-order valence-corrected chi connectivity index (χ4v) is 4.41. The van der Waals surface area contributed by atoms with E-state index in [9.17, 15) is 9.59 Å². The van der Waals surface area contributed by atoms with Crippen molar-refractivity contribution in [3.63, 3.8) is 0 Å². The summed E-state index contributed by atoms with van der Waals surface area (Å²) in [5.41, 5.74) is 1.21. The van der Waals surface area contributed by atoms with Gasteiger partial charge in [0.25, 0.3) is 0 Å². The summed E-state index contributed by atoms with van der Waals surface area (Å²) in [5, 5.41) is 3.37. The average molecular weight is 373 g/mol. The Labute approximate surface area is 162 Å². The highest BCUT2D eigenvalue weighted by Crippen LogP contribution is 2.35. The molecule has 1 aromatic rings. The minimum absolute atomic E-state index is 0.0227. The fourth-order valence-electron chi connectivity index (χ4n) is 4.41. The van der Waals surface area contributed by atoms with E-state index in [1.165, 1.54) is 37.7 Å². The minimum Gasteiger partial charge on any atom is -0.450 e. The number of likely N-dealkylation sites (tertiary alicyclic amines) is 1. The van der Waals surface area contributed by atoms with Crippen LogP contribution in [0.1, 0.15) is 63.5 Å². The van der Waals surface area contributed by atoms with Crippen LogP contribution in [0.15, 0.2) is 30.3 Å². The van der Waals surface area contributed by atoms with E-state index in [4.69, 9.17) is 4.74 Å². The summed E-state index contributed by atoms with van der Waals surface area (Å²) in [5.74, 6) is 0.633. The first-order valence-electron chi connectivity index (χ1n) is 10.5. The Hall–Kier alpha value is -2.04. The van der Waals surface area contributed by atoms with Gasteiger partial charge in [-0.2, -0.15) is 0 Å². The molecule has 5 heteroatoms. The van der Waals surface area contributed by atoms with Crippen LogP contribution in [0.3, 0.4) is 0 Å². The van der Waals surface area contributed by atoms with E-state index in [0.29, 0.717) is 38.5 Å². The number of ether oxygens (including phenoxy) is 1. The second-order valence-electron chi connectivity index (χ2n) is 7.76. The van der Waals surface area contributed by atoms with Crippen molar-refractivity contribution in [2.75, 3.05) is 19.7 Å². The number of nitrogens with one attached hydrogen (secondary N) is 1. The zero-order valence-electron chi connectivity index (χ0n) is 16.4. The first kappa shape index (κ1) is 19.7. The summed E-state index contributed by atoms with van der Waals surface area (Å²) in [6, 6.07) is 10.5. The van der Waals surface area contributed by atoms with Crippen LogP contribution < -0.4 is 5.32 Å². The molecule has 1 saturated heterocycles. The quantitative estimate of drug-likeness (QED) is 0.839. The molecule has 0 unspecified atom stereocenters. The molecule has 27 heavy (non-hydrogen) atoms. The molecule has 1 N–H and O–H groups in total. The highest BCUT2D eigenvalue weighted by atomic mass is 16.6. The van der Waals surface area contributed by atoms with Crippen molar-refractivity contribution in [2.24, 2.45) is 11.8 Å². The van der Waals surface area contributed by atoms with Crippen LogP contribution in [0.2, 0.25) is 0 Å². The molecule has 1 aromatic carbocycles. The molecule has 0 aromatic heterocycles. The van der Waals surface area contributed by atoms with Gasteiger partial charge in [-0.15, -0.1) is 0 Å². The zero-order chi connectivity index (χ0) is 19.1. The first-order valence-corrected chi connectivity index (χ1v) is 10.5. The molecule has 0 spiro atoms. The molecule has 2 amide bonds. The van der Waals surface area contributed by atoms with Crippen molar-refractivity contribution in [1.82, 2.24) is 10.2 Å². The number of benzene rings is 1. The van der Waals surface area contributed by atoms with E-state index in [1.54, 1.807) is 4.90 Å². The molecule has 1 heterocycles. The SMILES string of the molecule is CCOC(=O)N1CCC(C(=O)N[C@H](c2ccccc2)C2CCCCC2)CC1. The third kappa shape index (κ3) is 5.24. The zero-order valence-corrected chi connectivity index (χ0v) is 16.4. The Morgan fingerprint density at radius 3 is 2.37 bits per heavy atom. The summed E-state index contributed by atoms with van der Waals surface area (Å²) in [4.78, 5) is 26.5. The first-order chi connectivity index (χ1) is 13.2. The third-order valence-corrected chi connectivity index (χ3v) is 5.97. The normalized spacial score (nSPS) is 20.1. The molecule has 0 radical (unpaired) electrons. The van der Waals surface area contributed by atoms with Crippen LogP contribution in [0, 0.1) is 11.8 Å². The average Bonchev–Trinajstić information content (AvgIpc) is 2.73. The molecule has 5 nitrogen and oxygen atoms in total. The van der Waals surface area contributed by atoms with E-state index in [0.717, 1.165) is 0 Å². The summed E-state index contributed by atoms with van der Waals surface area (Å²) >= 11 is 0. The lowest BCUT2D eigenvalue weighted by molar-refractivity contribution is -0.127. The van der Waals surface area contributed by atoms with E-state index >= 15 is 0 Å². The monoisotopic (exact) mass is 372 g/mol. The van der Waals surface area contributed by atoms with Gasteiger partial charge in [0.15, 0.2) is 0 Å². The number of piperidine rings is 1. The van der Waals surface area contributed by atoms with Crippen LogP contribution in [-0.2, 0) is 9.53 Å². The van der Waals surface area contributed by atoms with Crippen molar-refractivity contribution >= 4 is 12.0 Å². The molecule has 1 atom stereocenters. The van der Waals surface area contributed by atoms with Crippen LogP contribution >= 0.6 is 0 Å². The van der Waals surface area contributed by atoms with Crippen molar-refractivity contribution in [3.8, 4) is 0 Å². The third-order valence-electron chi connectivity index (χ3n) is 5.97. The maximum atomic E-state index is 13.0. The molecule has 1 aliphatic carbocycles. The van der Waals surface area contributed by atoms with E-state index in [2.05, 4.69) is 29.6 Å². The number of hydrogen-bond donors (Lipinski definition) is 1. The smallest absolute Gasteiger partial charge is 0.409 e. The van der Waals surface area contributed by atoms with Crippen molar-refractivity contribution in [3.05, 3.63) is 35.9 Å². The predicted molar refractivity (Wildman–Crippen MR) is 105 cm³/mol. The van der Waals surface area contributed by atoms with Crippen molar-refractivity contribution in [2.45, 2.75) is 57.9 Å². The van der Waals surface area contributed by atoms with Crippen LogP contribution in [0.4, 0.5) is 4.79 Å². The maximum Gasteiger partial charge on any atom is 0.409 e. The number of carbonyl (C=O) groups is 2. The molecule has 2 fully saturated rings. The van der Waals surface area contributed by atoms with Gasteiger partial charge in [-0.3, -0.25) is 4.79 Å². The van der Waals surface area contributed by atoms with E-state index in [1.807, 2.05) is 13.0 Å². The van der Waals surface area contributed by atoms with Gasteiger partial charge in [0.05, 0.1) is 12.6 Å². The summed E-state index contributed by atoms with van der Waals surface area (Å²) in [6.45, 7) is 3.39. The highest BCUT2D eigenvalue weighted by molar-refractivity contribution is 5.79. The number of hydrogen-bond acceptors (Lipinski definition) is 3. The lowest BCUT2D eigenvalue weighted by Crippen LogP contribution is -2.45. The summed E-state index contributed by atoms with van der Waals surface area (Å²) < 4.78 is 5.07. The largest absolute Gasteiger partial charge is 0.450 e. The Morgan fingerprint density at radius 1 is 1.07 bits per heavy atom. The fraction of sp³-hybridized carbons (Fsp3) is 0.636. The van der Waals surface area contributed by atoms with Crippen LogP contribution in [0.25, 0.3) is 0 Å². The lowest BCUT2D eigenvalue weighted by Gasteiger charge is -2.34. The Morgan fingerprint density at radius 2 is 1.74 bits per heavy atom. The number of rotatable bonds is 5. The van der Waals surface area contributed by atoms with Gasteiger partial charge in [-0.05, 0) is 44.1 Å². The van der Waals surface area contributed by atoms with Gasteiger partial charge in [0.1, 0.15) is 0 Å². The van der Waals surface area contributed by atoms with Gasteiger partial charge < -0.3 is 15.0 Å². The summed E-state index contributed by atoms with van der Waals surface area (Å²) in [7, 11) is 0. The molecule has 1 saturated carbocycles.